The summed E-state index contributed by atoms with van der Waals surface area (Å²) in [5, 5.41) is 3.22. The summed E-state index contributed by atoms with van der Waals surface area (Å²) in [6.07, 6.45) is 9.64. The van der Waals surface area contributed by atoms with Crippen LogP contribution in [0.25, 0.3) is 0 Å². The Kier molecular flexibility index (Phi) is 6.13. The van der Waals surface area contributed by atoms with Crippen LogP contribution in [0.3, 0.4) is 0 Å². The van der Waals surface area contributed by atoms with Gasteiger partial charge in [0.1, 0.15) is 5.75 Å². The average molecular weight is 447 g/mol. The fourth-order valence-corrected chi connectivity index (χ4v) is 6.51. The van der Waals surface area contributed by atoms with Crippen LogP contribution in [0.1, 0.15) is 85.2 Å². The van der Waals surface area contributed by atoms with Gasteiger partial charge in [0.2, 0.25) is 5.91 Å². The van der Waals surface area contributed by atoms with E-state index in [4.69, 9.17) is 4.74 Å². The van der Waals surface area contributed by atoms with Gasteiger partial charge in [0.15, 0.2) is 0 Å². The molecule has 1 aliphatic heterocycles. The summed E-state index contributed by atoms with van der Waals surface area (Å²) in [4.78, 5) is 29.9. The quantitative estimate of drug-likeness (QED) is 0.687. The summed E-state index contributed by atoms with van der Waals surface area (Å²) in [7, 11) is 1.65. The first kappa shape index (κ1) is 22.0. The van der Waals surface area contributed by atoms with Crippen LogP contribution in [0.5, 0.6) is 5.75 Å². The Morgan fingerprint density at radius 1 is 1.00 bits per heavy atom. The van der Waals surface area contributed by atoms with E-state index < -0.39 is 5.54 Å². The van der Waals surface area contributed by atoms with Crippen LogP contribution >= 0.6 is 0 Å². The Hall–Kier alpha value is -2.82. The molecule has 2 fully saturated rings. The maximum atomic E-state index is 13.9. The molecule has 2 saturated carbocycles. The molecule has 0 saturated heterocycles. The second-order valence-corrected chi connectivity index (χ2v) is 9.86. The number of nitrogens with one attached hydrogen (secondary N) is 1. The van der Waals surface area contributed by atoms with E-state index in [-0.39, 0.29) is 23.8 Å². The Morgan fingerprint density at radius 2 is 1.70 bits per heavy atom. The Labute approximate surface area is 196 Å². The van der Waals surface area contributed by atoms with E-state index in [0.717, 1.165) is 55.4 Å². The van der Waals surface area contributed by atoms with E-state index in [1.54, 1.807) is 7.11 Å². The topological polar surface area (TPSA) is 58.6 Å². The molecule has 1 spiro atoms. The minimum atomic E-state index is -0.405. The first-order chi connectivity index (χ1) is 16.1. The molecule has 2 aliphatic carbocycles. The van der Waals surface area contributed by atoms with Crippen molar-refractivity contribution in [3.63, 3.8) is 0 Å². The number of hydrogen-bond acceptors (Lipinski definition) is 3. The monoisotopic (exact) mass is 446 g/mol. The molecule has 3 aliphatic rings. The highest BCUT2D eigenvalue weighted by atomic mass is 16.5. The summed E-state index contributed by atoms with van der Waals surface area (Å²) in [6.45, 7) is 0.467. The lowest BCUT2D eigenvalue weighted by molar-refractivity contribution is -0.127. The van der Waals surface area contributed by atoms with E-state index >= 15 is 0 Å². The number of benzene rings is 2. The fourth-order valence-electron chi connectivity index (χ4n) is 6.51. The highest BCUT2D eigenvalue weighted by Crippen LogP contribution is 2.52. The van der Waals surface area contributed by atoms with Gasteiger partial charge in [-0.15, -0.1) is 0 Å². The van der Waals surface area contributed by atoms with Crippen LogP contribution in [0.15, 0.2) is 48.5 Å². The van der Waals surface area contributed by atoms with Crippen molar-refractivity contribution in [2.75, 3.05) is 7.11 Å². The van der Waals surface area contributed by atoms with Gasteiger partial charge in [-0.1, -0.05) is 62.4 Å². The molecule has 1 N–H and O–H groups in total. The molecular weight excluding hydrogens is 412 g/mol. The standard InChI is InChI=1S/C28H34N2O3/c1-33-22-15-13-20(14-16-22)19-29-26(31)25-23-11-5-6-12-24(23)27(32)30(21-9-3-2-4-10-21)28(25)17-7-8-18-28/h5-6,11-16,21,25H,2-4,7-10,17-19H2,1H3,(H,29,31)/t25-/m0/s1. The van der Waals surface area contributed by atoms with Gasteiger partial charge in [0.25, 0.3) is 5.91 Å². The van der Waals surface area contributed by atoms with Crippen LogP contribution in [0, 0.1) is 0 Å². The van der Waals surface area contributed by atoms with Crippen molar-refractivity contribution in [2.45, 2.75) is 81.8 Å². The lowest BCUT2D eigenvalue weighted by Crippen LogP contribution is -2.63. The number of methoxy groups -OCH3 is 1. The molecule has 2 aromatic carbocycles. The van der Waals surface area contributed by atoms with E-state index in [2.05, 4.69) is 10.2 Å². The summed E-state index contributed by atoms with van der Waals surface area (Å²) in [5.41, 5.74) is 2.25. The molecule has 0 aromatic heterocycles. The number of nitrogens with zero attached hydrogens (tertiary/aromatic N) is 1. The number of rotatable bonds is 5. The summed E-state index contributed by atoms with van der Waals surface area (Å²) < 4.78 is 5.25. The molecule has 174 valence electrons. The maximum Gasteiger partial charge on any atom is 0.254 e. The van der Waals surface area contributed by atoms with E-state index in [0.29, 0.717) is 12.1 Å². The Morgan fingerprint density at radius 3 is 2.39 bits per heavy atom. The summed E-state index contributed by atoms with van der Waals surface area (Å²) in [6, 6.07) is 15.9. The van der Waals surface area contributed by atoms with Gasteiger partial charge in [0.05, 0.1) is 18.6 Å². The van der Waals surface area contributed by atoms with Crippen LogP contribution < -0.4 is 10.1 Å². The van der Waals surface area contributed by atoms with Crippen molar-refractivity contribution in [1.82, 2.24) is 10.2 Å². The number of amides is 2. The molecule has 1 heterocycles. The third-order valence-electron chi connectivity index (χ3n) is 8.04. The van der Waals surface area contributed by atoms with Gasteiger partial charge in [-0.05, 0) is 55.0 Å². The smallest absolute Gasteiger partial charge is 0.254 e. The largest absolute Gasteiger partial charge is 0.497 e. The molecule has 2 amide bonds. The van der Waals surface area contributed by atoms with Crippen molar-refractivity contribution < 1.29 is 14.3 Å². The van der Waals surface area contributed by atoms with Crippen molar-refractivity contribution in [1.29, 1.82) is 0 Å². The second-order valence-electron chi connectivity index (χ2n) is 9.86. The first-order valence-corrected chi connectivity index (χ1v) is 12.5. The van der Waals surface area contributed by atoms with Crippen LogP contribution in [-0.2, 0) is 11.3 Å². The molecule has 0 radical (unpaired) electrons. The molecule has 5 heteroatoms. The van der Waals surface area contributed by atoms with Gasteiger partial charge in [0, 0.05) is 18.2 Å². The molecule has 1 atom stereocenters. The summed E-state index contributed by atoms with van der Waals surface area (Å²) >= 11 is 0. The molecule has 0 bridgehead atoms. The highest BCUT2D eigenvalue weighted by molar-refractivity contribution is 6.02. The van der Waals surface area contributed by atoms with E-state index in [1.165, 1.54) is 19.3 Å². The average Bonchev–Trinajstić information content (AvgIpc) is 3.33. The SMILES string of the molecule is COc1ccc(CNC(=O)[C@@H]2c3ccccc3C(=O)N(C3CCCCC3)C23CCCC3)cc1. The van der Waals surface area contributed by atoms with Gasteiger partial charge in [-0.25, -0.2) is 0 Å². The Bertz CT molecular complexity index is 1000. The van der Waals surface area contributed by atoms with Crippen molar-refractivity contribution in [2.24, 2.45) is 0 Å². The van der Waals surface area contributed by atoms with E-state index in [9.17, 15) is 9.59 Å². The predicted molar refractivity (Wildman–Crippen MR) is 128 cm³/mol. The van der Waals surface area contributed by atoms with Crippen molar-refractivity contribution in [3.05, 3.63) is 65.2 Å². The molecule has 0 unspecified atom stereocenters. The first-order valence-electron chi connectivity index (χ1n) is 12.5. The predicted octanol–water partition coefficient (Wildman–Crippen LogP) is 5.20. The van der Waals surface area contributed by atoms with Crippen LogP contribution in [0.4, 0.5) is 0 Å². The van der Waals surface area contributed by atoms with Crippen molar-refractivity contribution >= 4 is 11.8 Å². The maximum absolute atomic E-state index is 13.9. The minimum Gasteiger partial charge on any atom is -0.497 e. The third kappa shape index (κ3) is 3.92. The Balaban J connectivity index is 1.49. The molecule has 2 aromatic rings. The molecular formula is C28H34N2O3. The number of hydrogen-bond donors (Lipinski definition) is 1. The van der Waals surface area contributed by atoms with E-state index in [1.807, 2.05) is 48.5 Å². The van der Waals surface area contributed by atoms with Crippen LogP contribution in [-0.4, -0.2) is 35.4 Å². The zero-order valence-electron chi connectivity index (χ0n) is 19.5. The number of carbonyl (C=O) groups excluding carboxylic acids is 2. The third-order valence-corrected chi connectivity index (χ3v) is 8.04. The number of fused-ring (bicyclic) bond motifs is 1. The normalized spacial score (nSPS) is 22.3. The minimum absolute atomic E-state index is 0.0356. The lowest BCUT2D eigenvalue weighted by Gasteiger charge is -2.54. The lowest BCUT2D eigenvalue weighted by atomic mass is 9.69. The van der Waals surface area contributed by atoms with Gasteiger partial charge in [-0.3, -0.25) is 9.59 Å². The molecule has 33 heavy (non-hydrogen) atoms. The van der Waals surface area contributed by atoms with Gasteiger partial charge in [-0.2, -0.15) is 0 Å². The zero-order chi connectivity index (χ0) is 22.8. The van der Waals surface area contributed by atoms with Crippen molar-refractivity contribution in [3.8, 4) is 5.75 Å². The second kappa shape index (κ2) is 9.20. The highest BCUT2D eigenvalue weighted by Gasteiger charge is 2.57. The molecule has 5 nitrogen and oxygen atoms in total. The fraction of sp³-hybridized carbons (Fsp3) is 0.500. The number of carbonyl (C=O) groups is 2. The van der Waals surface area contributed by atoms with Crippen LogP contribution in [0.2, 0.25) is 0 Å². The zero-order valence-corrected chi connectivity index (χ0v) is 19.5. The van der Waals surface area contributed by atoms with Gasteiger partial charge < -0.3 is 15.0 Å². The summed E-state index contributed by atoms with van der Waals surface area (Å²) in [5.74, 6) is 0.652. The van der Waals surface area contributed by atoms with Gasteiger partial charge >= 0.3 is 0 Å². The number of ether oxygens (including phenoxy) is 1. The molecule has 5 rings (SSSR count).